The van der Waals surface area contributed by atoms with Crippen LogP contribution in [0.3, 0.4) is 0 Å². The second-order valence-corrected chi connectivity index (χ2v) is 2.31. The number of nitrogens with one attached hydrogen (secondary N) is 1. The van der Waals surface area contributed by atoms with Crippen molar-refractivity contribution in [3.63, 3.8) is 0 Å². The SMILES string of the molecule is O=C1N=CC2C=NC=NC2N1. The fourth-order valence-corrected chi connectivity index (χ4v) is 1.00. The van der Waals surface area contributed by atoms with Gasteiger partial charge in [-0.25, -0.2) is 19.8 Å². The third-order valence-electron chi connectivity index (χ3n) is 1.55. The second kappa shape index (κ2) is 2.26. The molecule has 2 heterocycles. The summed E-state index contributed by atoms with van der Waals surface area (Å²) in [5.74, 6) is 0.0256. The normalized spacial score (nSPS) is 33.3. The highest BCUT2D eigenvalue weighted by molar-refractivity contribution is 5.97. The van der Waals surface area contributed by atoms with Crippen LogP contribution in [0.15, 0.2) is 15.0 Å². The number of hydrogen-bond donors (Lipinski definition) is 1. The molecule has 0 aromatic heterocycles. The second-order valence-electron chi connectivity index (χ2n) is 2.31. The summed E-state index contributed by atoms with van der Waals surface area (Å²) < 4.78 is 0. The maximum absolute atomic E-state index is 10.7. The zero-order valence-electron chi connectivity index (χ0n) is 5.64. The Bertz CT molecular complexity index is 268. The molecule has 0 aliphatic carbocycles. The van der Waals surface area contributed by atoms with Crippen molar-refractivity contribution in [3.8, 4) is 0 Å². The van der Waals surface area contributed by atoms with E-state index < -0.39 is 0 Å². The van der Waals surface area contributed by atoms with E-state index in [1.54, 1.807) is 12.4 Å². The molecular weight excluding hydrogens is 144 g/mol. The molecule has 0 radical (unpaired) electrons. The van der Waals surface area contributed by atoms with Crippen LogP contribution in [0.4, 0.5) is 4.79 Å². The number of nitrogens with zero attached hydrogens (tertiary/aromatic N) is 3. The number of urea groups is 1. The number of amides is 2. The molecule has 56 valence electrons. The van der Waals surface area contributed by atoms with Gasteiger partial charge in [-0.15, -0.1) is 0 Å². The van der Waals surface area contributed by atoms with Crippen molar-refractivity contribution < 1.29 is 4.79 Å². The first-order valence-corrected chi connectivity index (χ1v) is 3.26. The van der Waals surface area contributed by atoms with Gasteiger partial charge in [-0.1, -0.05) is 0 Å². The Morgan fingerprint density at radius 3 is 3.27 bits per heavy atom. The van der Waals surface area contributed by atoms with Gasteiger partial charge >= 0.3 is 6.03 Å². The molecule has 0 fully saturated rings. The Morgan fingerprint density at radius 1 is 1.45 bits per heavy atom. The average molecular weight is 150 g/mol. The minimum Gasteiger partial charge on any atom is -0.313 e. The smallest absolute Gasteiger partial charge is 0.313 e. The molecule has 2 rings (SSSR count). The van der Waals surface area contributed by atoms with Crippen LogP contribution in [-0.2, 0) is 0 Å². The topological polar surface area (TPSA) is 66.2 Å². The minimum atomic E-state index is -0.335. The van der Waals surface area contributed by atoms with Crippen molar-refractivity contribution >= 4 is 24.8 Å². The van der Waals surface area contributed by atoms with E-state index in [2.05, 4.69) is 20.3 Å². The molecule has 5 nitrogen and oxygen atoms in total. The molecule has 2 aliphatic heterocycles. The first-order valence-electron chi connectivity index (χ1n) is 3.26. The molecule has 1 N–H and O–H groups in total. The molecule has 2 unspecified atom stereocenters. The van der Waals surface area contributed by atoms with E-state index in [0.29, 0.717) is 0 Å². The quantitative estimate of drug-likeness (QED) is 0.512. The van der Waals surface area contributed by atoms with Crippen molar-refractivity contribution in [3.05, 3.63) is 0 Å². The van der Waals surface area contributed by atoms with Gasteiger partial charge in [0, 0.05) is 12.4 Å². The van der Waals surface area contributed by atoms with Gasteiger partial charge in [-0.3, -0.25) is 0 Å². The minimum absolute atomic E-state index is 0.0256. The maximum atomic E-state index is 10.7. The summed E-state index contributed by atoms with van der Waals surface area (Å²) in [5, 5.41) is 2.59. The summed E-state index contributed by atoms with van der Waals surface area (Å²) in [5.41, 5.74) is 0. The summed E-state index contributed by atoms with van der Waals surface area (Å²) in [7, 11) is 0. The lowest BCUT2D eigenvalue weighted by molar-refractivity contribution is 0.243. The van der Waals surface area contributed by atoms with Gasteiger partial charge in [0.25, 0.3) is 0 Å². The molecule has 0 saturated heterocycles. The fourth-order valence-electron chi connectivity index (χ4n) is 1.00. The Kier molecular flexibility index (Phi) is 1.28. The molecule has 0 bridgehead atoms. The van der Waals surface area contributed by atoms with E-state index in [9.17, 15) is 4.79 Å². The van der Waals surface area contributed by atoms with Gasteiger partial charge in [0.2, 0.25) is 0 Å². The standard InChI is InChI=1S/C6H6N4O/c11-6-8-2-4-1-7-3-9-5(4)10-6/h1-5H,(H,10,11). The molecule has 11 heavy (non-hydrogen) atoms. The third-order valence-corrected chi connectivity index (χ3v) is 1.55. The van der Waals surface area contributed by atoms with E-state index in [-0.39, 0.29) is 18.1 Å². The lowest BCUT2D eigenvalue weighted by Gasteiger charge is -2.22. The summed E-state index contributed by atoms with van der Waals surface area (Å²) >= 11 is 0. The predicted molar refractivity (Wildman–Crippen MR) is 41.3 cm³/mol. The summed E-state index contributed by atoms with van der Waals surface area (Å²) in [4.78, 5) is 22.0. The van der Waals surface area contributed by atoms with Crippen molar-refractivity contribution in [2.45, 2.75) is 6.17 Å². The molecule has 5 heteroatoms. The Hall–Kier alpha value is -1.52. The van der Waals surface area contributed by atoms with Crippen LogP contribution in [0.5, 0.6) is 0 Å². The van der Waals surface area contributed by atoms with Crippen LogP contribution < -0.4 is 5.32 Å². The number of aliphatic imine (C=N–C) groups is 3. The number of hydrogen-bond acceptors (Lipinski definition) is 3. The zero-order chi connectivity index (χ0) is 7.68. The predicted octanol–water partition coefficient (Wildman–Crippen LogP) is -0.165. The molecule has 0 spiro atoms. The molecular formula is C6H6N4O. The summed E-state index contributed by atoms with van der Waals surface area (Å²) in [6, 6.07) is -0.335. The van der Waals surface area contributed by atoms with Crippen LogP contribution in [0.2, 0.25) is 0 Å². The molecule has 0 saturated carbocycles. The number of carbonyl (C=O) groups excluding carboxylic acids is 1. The highest BCUT2D eigenvalue weighted by Gasteiger charge is 2.24. The fraction of sp³-hybridized carbons (Fsp3) is 0.333. The van der Waals surface area contributed by atoms with Crippen molar-refractivity contribution in [2.24, 2.45) is 20.9 Å². The van der Waals surface area contributed by atoms with E-state index in [4.69, 9.17) is 0 Å². The Labute approximate surface area is 62.9 Å². The Balaban J connectivity index is 2.26. The maximum Gasteiger partial charge on any atom is 0.342 e. The summed E-state index contributed by atoms with van der Waals surface area (Å²) in [6.07, 6.45) is 4.50. The molecule has 2 amide bonds. The van der Waals surface area contributed by atoms with Crippen LogP contribution in [0, 0.1) is 5.92 Å². The number of rotatable bonds is 0. The lowest BCUT2D eigenvalue weighted by atomic mass is 10.1. The zero-order valence-corrected chi connectivity index (χ0v) is 5.64. The van der Waals surface area contributed by atoms with Gasteiger partial charge < -0.3 is 5.32 Å². The molecule has 2 atom stereocenters. The van der Waals surface area contributed by atoms with Crippen LogP contribution in [0.1, 0.15) is 0 Å². The third kappa shape index (κ3) is 1.04. The van der Waals surface area contributed by atoms with Crippen LogP contribution in [0.25, 0.3) is 0 Å². The first-order chi connectivity index (χ1) is 5.36. The van der Waals surface area contributed by atoms with E-state index in [1.807, 2.05) is 0 Å². The van der Waals surface area contributed by atoms with Gasteiger partial charge in [0.1, 0.15) is 12.5 Å². The molecule has 0 aromatic rings. The van der Waals surface area contributed by atoms with Gasteiger partial charge in [0.05, 0.1) is 5.92 Å². The van der Waals surface area contributed by atoms with Crippen LogP contribution in [-0.4, -0.2) is 31.0 Å². The van der Waals surface area contributed by atoms with E-state index in [0.717, 1.165) is 0 Å². The van der Waals surface area contributed by atoms with E-state index >= 15 is 0 Å². The van der Waals surface area contributed by atoms with E-state index in [1.165, 1.54) is 6.34 Å². The van der Waals surface area contributed by atoms with Gasteiger partial charge in [0.15, 0.2) is 0 Å². The number of carbonyl (C=O) groups is 1. The van der Waals surface area contributed by atoms with Crippen molar-refractivity contribution in [1.29, 1.82) is 0 Å². The van der Waals surface area contributed by atoms with Gasteiger partial charge in [-0.2, -0.15) is 0 Å². The summed E-state index contributed by atoms with van der Waals surface area (Å²) in [6.45, 7) is 0. The van der Waals surface area contributed by atoms with Gasteiger partial charge in [-0.05, 0) is 0 Å². The largest absolute Gasteiger partial charge is 0.342 e. The molecule has 0 aromatic carbocycles. The Morgan fingerprint density at radius 2 is 2.36 bits per heavy atom. The van der Waals surface area contributed by atoms with Crippen molar-refractivity contribution in [1.82, 2.24) is 5.32 Å². The number of fused-ring (bicyclic) bond motifs is 1. The van der Waals surface area contributed by atoms with Crippen molar-refractivity contribution in [2.75, 3.05) is 0 Å². The average Bonchev–Trinajstić information content (AvgIpc) is 2.04. The highest BCUT2D eigenvalue weighted by Crippen LogP contribution is 2.07. The monoisotopic (exact) mass is 150 g/mol. The highest BCUT2D eigenvalue weighted by atomic mass is 16.2. The van der Waals surface area contributed by atoms with Crippen LogP contribution >= 0.6 is 0 Å². The molecule has 2 aliphatic rings. The lowest BCUT2D eigenvalue weighted by Crippen LogP contribution is -2.43. The first kappa shape index (κ1) is 6.21.